The first kappa shape index (κ1) is 14.2. The lowest BCUT2D eigenvalue weighted by atomic mass is 10.1. The minimum absolute atomic E-state index is 0.144. The van der Waals surface area contributed by atoms with Crippen molar-refractivity contribution in [2.75, 3.05) is 33.9 Å². The number of carbonyl (C=O) groups excluding carboxylic acids is 1. The number of nitrogens with zero attached hydrogens (tertiary/aromatic N) is 1. The van der Waals surface area contributed by atoms with Gasteiger partial charge >= 0.3 is 0 Å². The van der Waals surface area contributed by atoms with Crippen LogP contribution in [-0.4, -0.2) is 44.5 Å². The minimum Gasteiger partial charge on any atom is -0.383 e. The lowest BCUT2D eigenvalue weighted by Crippen LogP contribution is -2.25. The van der Waals surface area contributed by atoms with Crippen LogP contribution in [0.4, 0.5) is 0 Å². The van der Waals surface area contributed by atoms with Crippen molar-refractivity contribution in [1.29, 1.82) is 0 Å². The quantitative estimate of drug-likeness (QED) is 0.701. The van der Waals surface area contributed by atoms with Gasteiger partial charge in [-0.15, -0.1) is 0 Å². The largest absolute Gasteiger partial charge is 0.383 e. The number of rotatable bonds is 7. The average molecular weight is 256 g/mol. The summed E-state index contributed by atoms with van der Waals surface area (Å²) in [5.41, 5.74) is 0.717. The molecule has 0 atom stereocenters. The Morgan fingerprint density at radius 3 is 2.53 bits per heavy atom. The number of methoxy groups -OCH3 is 1. The minimum atomic E-state index is 0.144. The fraction of sp³-hybridized carbons (Fsp3) is 0.462. The fourth-order valence-corrected chi connectivity index (χ4v) is 1.56. The predicted octanol–water partition coefficient (Wildman–Crippen LogP) is 2.49. The van der Waals surface area contributed by atoms with Crippen LogP contribution < -0.4 is 0 Å². The van der Waals surface area contributed by atoms with Crippen LogP contribution in [0.25, 0.3) is 0 Å². The van der Waals surface area contributed by atoms with Gasteiger partial charge in [-0.25, -0.2) is 0 Å². The predicted molar refractivity (Wildman–Crippen MR) is 69.8 cm³/mol. The second-order valence-electron chi connectivity index (χ2n) is 3.98. The Labute approximate surface area is 107 Å². The van der Waals surface area contributed by atoms with Crippen molar-refractivity contribution in [2.24, 2.45) is 0 Å². The molecule has 0 N–H and O–H groups in total. The number of Topliss-reactive ketones (excluding diaryl/α,β-unsaturated/α-hetero) is 1. The lowest BCUT2D eigenvalue weighted by Gasteiger charge is -2.15. The van der Waals surface area contributed by atoms with Gasteiger partial charge in [0.1, 0.15) is 0 Å². The third-order valence-electron chi connectivity index (χ3n) is 2.56. The molecule has 3 nitrogen and oxygen atoms in total. The Morgan fingerprint density at radius 1 is 1.29 bits per heavy atom. The molecule has 0 aromatic heterocycles. The topological polar surface area (TPSA) is 29.5 Å². The van der Waals surface area contributed by atoms with Crippen LogP contribution in [0.2, 0.25) is 5.02 Å². The molecule has 0 aliphatic carbocycles. The highest BCUT2D eigenvalue weighted by Gasteiger charge is 2.07. The van der Waals surface area contributed by atoms with E-state index < -0.39 is 0 Å². The summed E-state index contributed by atoms with van der Waals surface area (Å²) in [6, 6.07) is 7.01. The van der Waals surface area contributed by atoms with E-state index in [1.165, 1.54) is 0 Å². The maximum Gasteiger partial charge on any atom is 0.164 e. The van der Waals surface area contributed by atoms with E-state index in [1.54, 1.807) is 31.4 Å². The van der Waals surface area contributed by atoms with Crippen molar-refractivity contribution >= 4 is 17.4 Å². The molecule has 4 heteroatoms. The van der Waals surface area contributed by atoms with E-state index in [9.17, 15) is 4.79 Å². The van der Waals surface area contributed by atoms with E-state index in [0.29, 0.717) is 18.1 Å². The van der Waals surface area contributed by atoms with Crippen LogP contribution in [0, 0.1) is 0 Å². The summed E-state index contributed by atoms with van der Waals surface area (Å²) in [5.74, 6) is 0.144. The van der Waals surface area contributed by atoms with Crippen molar-refractivity contribution in [2.45, 2.75) is 6.42 Å². The summed E-state index contributed by atoms with van der Waals surface area (Å²) in [6.45, 7) is 2.26. The Balaban J connectivity index is 2.36. The van der Waals surface area contributed by atoms with Crippen molar-refractivity contribution in [3.8, 4) is 0 Å². The second-order valence-corrected chi connectivity index (χ2v) is 4.41. The molecular formula is C13H18ClNO2. The summed E-state index contributed by atoms with van der Waals surface area (Å²) < 4.78 is 4.98. The van der Waals surface area contributed by atoms with E-state index in [2.05, 4.69) is 4.90 Å². The van der Waals surface area contributed by atoms with Crippen molar-refractivity contribution in [3.63, 3.8) is 0 Å². The zero-order valence-electron chi connectivity index (χ0n) is 10.3. The van der Waals surface area contributed by atoms with Gasteiger partial charge in [0.05, 0.1) is 6.61 Å². The number of hydrogen-bond donors (Lipinski definition) is 0. The van der Waals surface area contributed by atoms with Gasteiger partial charge in [-0.3, -0.25) is 4.79 Å². The van der Waals surface area contributed by atoms with Crippen LogP contribution in [0.15, 0.2) is 24.3 Å². The SMILES string of the molecule is COCCN(C)CCC(=O)c1ccc(Cl)cc1. The highest BCUT2D eigenvalue weighted by Crippen LogP contribution is 2.11. The molecule has 1 aromatic carbocycles. The maximum atomic E-state index is 11.8. The van der Waals surface area contributed by atoms with Crippen molar-refractivity contribution in [1.82, 2.24) is 4.90 Å². The van der Waals surface area contributed by atoms with Gasteiger partial charge in [0, 0.05) is 37.2 Å². The van der Waals surface area contributed by atoms with Crippen LogP contribution in [0.5, 0.6) is 0 Å². The molecule has 0 bridgehead atoms. The molecular weight excluding hydrogens is 238 g/mol. The van der Waals surface area contributed by atoms with E-state index in [0.717, 1.165) is 18.7 Å². The molecule has 0 spiro atoms. The molecule has 0 aliphatic rings. The molecule has 1 rings (SSSR count). The Hall–Kier alpha value is -0.900. The number of ether oxygens (including phenoxy) is 1. The van der Waals surface area contributed by atoms with Gasteiger partial charge in [0.2, 0.25) is 0 Å². The molecule has 0 heterocycles. The maximum absolute atomic E-state index is 11.8. The molecule has 0 saturated heterocycles. The summed E-state index contributed by atoms with van der Waals surface area (Å²) in [7, 11) is 3.65. The number of halogens is 1. The van der Waals surface area contributed by atoms with Crippen molar-refractivity contribution in [3.05, 3.63) is 34.9 Å². The first-order valence-corrected chi connectivity index (χ1v) is 5.97. The standard InChI is InChI=1S/C13H18ClNO2/c1-15(9-10-17-2)8-7-13(16)11-3-5-12(14)6-4-11/h3-6H,7-10H2,1-2H3. The third kappa shape index (κ3) is 5.31. The molecule has 17 heavy (non-hydrogen) atoms. The van der Waals surface area contributed by atoms with Crippen LogP contribution in [-0.2, 0) is 4.74 Å². The van der Waals surface area contributed by atoms with Crippen molar-refractivity contribution < 1.29 is 9.53 Å². The first-order valence-electron chi connectivity index (χ1n) is 5.59. The number of ketones is 1. The Kier molecular flexibility index (Phi) is 6.19. The van der Waals surface area contributed by atoms with Gasteiger partial charge in [-0.1, -0.05) is 11.6 Å². The Bertz CT molecular complexity index is 351. The molecule has 1 aromatic rings. The zero-order valence-corrected chi connectivity index (χ0v) is 11.0. The number of carbonyl (C=O) groups is 1. The highest BCUT2D eigenvalue weighted by atomic mass is 35.5. The lowest BCUT2D eigenvalue weighted by molar-refractivity contribution is 0.0960. The van der Waals surface area contributed by atoms with E-state index >= 15 is 0 Å². The number of likely N-dealkylation sites (N-methyl/N-ethyl adjacent to an activating group) is 1. The van der Waals surface area contributed by atoms with E-state index in [1.807, 2.05) is 7.05 Å². The highest BCUT2D eigenvalue weighted by molar-refractivity contribution is 6.30. The monoisotopic (exact) mass is 255 g/mol. The summed E-state index contributed by atoms with van der Waals surface area (Å²) >= 11 is 5.77. The summed E-state index contributed by atoms with van der Waals surface area (Å²) in [5, 5.41) is 0.652. The molecule has 0 amide bonds. The van der Waals surface area contributed by atoms with Gasteiger partial charge < -0.3 is 9.64 Å². The normalized spacial score (nSPS) is 10.8. The van der Waals surface area contributed by atoms with Gasteiger partial charge in [0.15, 0.2) is 5.78 Å². The molecule has 0 aliphatic heterocycles. The third-order valence-corrected chi connectivity index (χ3v) is 2.82. The summed E-state index contributed by atoms with van der Waals surface area (Å²) in [6.07, 6.45) is 0.516. The molecule has 0 saturated carbocycles. The molecule has 0 unspecified atom stereocenters. The van der Waals surface area contributed by atoms with Gasteiger partial charge in [-0.2, -0.15) is 0 Å². The zero-order chi connectivity index (χ0) is 12.7. The first-order chi connectivity index (χ1) is 8.13. The average Bonchev–Trinajstić information content (AvgIpc) is 2.34. The van der Waals surface area contributed by atoms with Gasteiger partial charge in [0.25, 0.3) is 0 Å². The van der Waals surface area contributed by atoms with E-state index in [-0.39, 0.29) is 5.78 Å². The second kappa shape index (κ2) is 7.43. The fourth-order valence-electron chi connectivity index (χ4n) is 1.43. The van der Waals surface area contributed by atoms with Crippen LogP contribution >= 0.6 is 11.6 Å². The number of benzene rings is 1. The molecule has 0 radical (unpaired) electrons. The van der Waals surface area contributed by atoms with Crippen LogP contribution in [0.3, 0.4) is 0 Å². The van der Waals surface area contributed by atoms with E-state index in [4.69, 9.17) is 16.3 Å². The van der Waals surface area contributed by atoms with Crippen LogP contribution in [0.1, 0.15) is 16.8 Å². The van der Waals surface area contributed by atoms with Gasteiger partial charge in [-0.05, 0) is 31.3 Å². The summed E-state index contributed by atoms with van der Waals surface area (Å²) in [4.78, 5) is 13.9. The molecule has 94 valence electrons. The smallest absolute Gasteiger partial charge is 0.164 e. The molecule has 0 fully saturated rings. The Morgan fingerprint density at radius 2 is 1.94 bits per heavy atom. The number of hydrogen-bond acceptors (Lipinski definition) is 3.